The smallest absolute Gasteiger partial charge is 0.202 e. The fraction of sp³-hybridized carbons (Fsp3) is 0.800. The van der Waals surface area contributed by atoms with Gasteiger partial charge in [0.1, 0.15) is 6.61 Å². The van der Waals surface area contributed by atoms with Crippen molar-refractivity contribution in [1.82, 2.24) is 9.36 Å². The Kier molecular flexibility index (Phi) is 4.27. The van der Waals surface area contributed by atoms with E-state index in [1.54, 1.807) is 7.11 Å². The average Bonchev–Trinajstić information content (AvgIpc) is 2.90. The molecule has 1 aliphatic rings. The van der Waals surface area contributed by atoms with Crippen LogP contribution in [0.3, 0.4) is 0 Å². The number of nitrogens with one attached hydrogen (secondary N) is 1. The predicted octanol–water partition coefficient (Wildman–Crippen LogP) is 1.25. The van der Waals surface area contributed by atoms with Crippen molar-refractivity contribution in [3.05, 3.63) is 5.82 Å². The van der Waals surface area contributed by atoms with Crippen LogP contribution in [0.15, 0.2) is 0 Å². The van der Waals surface area contributed by atoms with Crippen LogP contribution >= 0.6 is 11.5 Å². The number of hydrogen-bond acceptors (Lipinski definition) is 7. The molecule has 0 amide bonds. The van der Waals surface area contributed by atoms with E-state index in [1.807, 2.05) is 6.92 Å². The summed E-state index contributed by atoms with van der Waals surface area (Å²) >= 11 is 1.34. The Hall–Kier alpha value is -0.760. The highest BCUT2D eigenvalue weighted by Crippen LogP contribution is 2.22. The first-order chi connectivity index (χ1) is 8.22. The van der Waals surface area contributed by atoms with E-state index in [2.05, 4.69) is 14.7 Å². The summed E-state index contributed by atoms with van der Waals surface area (Å²) in [5.74, 6) is 0.257. The second kappa shape index (κ2) is 5.72. The lowest BCUT2D eigenvalue weighted by Crippen LogP contribution is -2.28. The van der Waals surface area contributed by atoms with E-state index < -0.39 is 5.79 Å². The zero-order chi connectivity index (χ0) is 12.1. The zero-order valence-corrected chi connectivity index (χ0v) is 10.9. The van der Waals surface area contributed by atoms with Crippen LogP contribution < -0.4 is 5.32 Å². The molecule has 1 saturated heterocycles. The van der Waals surface area contributed by atoms with Crippen LogP contribution in [0.25, 0.3) is 0 Å². The van der Waals surface area contributed by atoms with Crippen molar-refractivity contribution in [2.45, 2.75) is 25.7 Å². The normalized spacial score (nSPS) is 18.5. The van der Waals surface area contributed by atoms with Gasteiger partial charge in [0.15, 0.2) is 11.6 Å². The van der Waals surface area contributed by atoms with Crippen LogP contribution in [0, 0.1) is 0 Å². The van der Waals surface area contributed by atoms with Crippen molar-refractivity contribution >= 4 is 16.7 Å². The third kappa shape index (κ3) is 3.60. The fourth-order valence-electron chi connectivity index (χ4n) is 1.61. The highest BCUT2D eigenvalue weighted by Gasteiger charge is 2.30. The molecule has 2 heterocycles. The quantitative estimate of drug-likeness (QED) is 0.829. The first-order valence-corrected chi connectivity index (χ1v) is 6.32. The summed E-state index contributed by atoms with van der Waals surface area (Å²) in [6, 6.07) is 0. The second-order valence-electron chi connectivity index (χ2n) is 3.96. The second-order valence-corrected chi connectivity index (χ2v) is 4.71. The van der Waals surface area contributed by atoms with E-state index in [4.69, 9.17) is 14.2 Å². The Bertz CT molecular complexity index is 352. The summed E-state index contributed by atoms with van der Waals surface area (Å²) in [7, 11) is 1.63. The molecule has 1 aliphatic heterocycles. The van der Waals surface area contributed by atoms with Crippen molar-refractivity contribution in [3.63, 3.8) is 0 Å². The van der Waals surface area contributed by atoms with E-state index >= 15 is 0 Å². The topological polar surface area (TPSA) is 65.5 Å². The van der Waals surface area contributed by atoms with Crippen molar-refractivity contribution in [3.8, 4) is 0 Å². The molecule has 0 atom stereocenters. The van der Waals surface area contributed by atoms with Gasteiger partial charge in [-0.05, 0) is 6.92 Å². The van der Waals surface area contributed by atoms with E-state index in [0.717, 1.165) is 18.1 Å². The first-order valence-electron chi connectivity index (χ1n) is 5.55. The Morgan fingerprint density at radius 2 is 2.24 bits per heavy atom. The number of anilines is 1. The van der Waals surface area contributed by atoms with Gasteiger partial charge in [-0.2, -0.15) is 4.37 Å². The largest absolute Gasteiger partial charge is 0.377 e. The summed E-state index contributed by atoms with van der Waals surface area (Å²) in [5, 5.41) is 4.01. The average molecular weight is 259 g/mol. The van der Waals surface area contributed by atoms with Gasteiger partial charge in [-0.15, -0.1) is 0 Å². The highest BCUT2D eigenvalue weighted by molar-refractivity contribution is 7.09. The van der Waals surface area contributed by atoms with Crippen LogP contribution in [0.1, 0.15) is 19.2 Å². The van der Waals surface area contributed by atoms with Crippen molar-refractivity contribution in [2.24, 2.45) is 0 Å². The highest BCUT2D eigenvalue weighted by atomic mass is 32.1. The number of methoxy groups -OCH3 is 1. The standard InChI is InChI=1S/C10H17N3O3S/c1-10(15-5-6-16-10)3-4-11-9-12-8(7-14-2)13-17-9/h3-7H2,1-2H3,(H,11,12,13). The van der Waals surface area contributed by atoms with Crippen molar-refractivity contribution in [1.29, 1.82) is 0 Å². The number of rotatable bonds is 6. The minimum Gasteiger partial charge on any atom is -0.377 e. The van der Waals surface area contributed by atoms with Gasteiger partial charge >= 0.3 is 0 Å². The van der Waals surface area contributed by atoms with Gasteiger partial charge in [-0.1, -0.05) is 0 Å². The molecule has 0 aliphatic carbocycles. The molecule has 17 heavy (non-hydrogen) atoms. The third-order valence-electron chi connectivity index (χ3n) is 2.49. The molecule has 0 unspecified atom stereocenters. The van der Waals surface area contributed by atoms with Crippen LogP contribution in [0.4, 0.5) is 5.13 Å². The van der Waals surface area contributed by atoms with Gasteiger partial charge < -0.3 is 19.5 Å². The lowest BCUT2D eigenvalue weighted by Gasteiger charge is -2.21. The summed E-state index contributed by atoms with van der Waals surface area (Å²) < 4.78 is 20.1. The van der Waals surface area contributed by atoms with Crippen LogP contribution in [-0.2, 0) is 20.8 Å². The number of ether oxygens (including phenoxy) is 3. The number of hydrogen-bond donors (Lipinski definition) is 1. The Balaban J connectivity index is 1.73. The van der Waals surface area contributed by atoms with Gasteiger partial charge in [0, 0.05) is 31.6 Å². The van der Waals surface area contributed by atoms with Crippen molar-refractivity contribution < 1.29 is 14.2 Å². The fourth-order valence-corrected chi connectivity index (χ4v) is 2.21. The Labute approximate surface area is 104 Å². The first kappa shape index (κ1) is 12.7. The SMILES string of the molecule is COCc1nsc(NCCC2(C)OCCO2)n1. The van der Waals surface area contributed by atoms with Crippen molar-refractivity contribution in [2.75, 3.05) is 32.2 Å². The molecule has 96 valence electrons. The molecule has 2 rings (SSSR count). The monoisotopic (exact) mass is 259 g/mol. The maximum Gasteiger partial charge on any atom is 0.202 e. The lowest BCUT2D eigenvalue weighted by molar-refractivity contribution is -0.144. The third-order valence-corrected chi connectivity index (χ3v) is 3.21. The molecule has 0 saturated carbocycles. The van der Waals surface area contributed by atoms with E-state index in [9.17, 15) is 0 Å². The molecule has 1 N–H and O–H groups in total. The van der Waals surface area contributed by atoms with Gasteiger partial charge in [-0.25, -0.2) is 4.98 Å². The maximum atomic E-state index is 5.51. The van der Waals surface area contributed by atoms with Gasteiger partial charge in [0.05, 0.1) is 13.2 Å². The molecule has 0 spiro atoms. The molecule has 1 aromatic heterocycles. The van der Waals surface area contributed by atoms with E-state index in [1.165, 1.54) is 11.5 Å². The molecule has 6 nitrogen and oxygen atoms in total. The van der Waals surface area contributed by atoms with Gasteiger partial charge in [0.2, 0.25) is 5.13 Å². The molecule has 1 aromatic rings. The Morgan fingerprint density at radius 1 is 1.47 bits per heavy atom. The molecule has 0 aromatic carbocycles. The van der Waals surface area contributed by atoms with Gasteiger partial charge in [0.25, 0.3) is 0 Å². The van der Waals surface area contributed by atoms with E-state index in [0.29, 0.717) is 25.6 Å². The van der Waals surface area contributed by atoms with E-state index in [-0.39, 0.29) is 0 Å². The molecule has 0 bridgehead atoms. The van der Waals surface area contributed by atoms with Gasteiger partial charge in [-0.3, -0.25) is 0 Å². The number of nitrogens with zero attached hydrogens (tertiary/aromatic N) is 2. The molecule has 1 fully saturated rings. The molecular weight excluding hydrogens is 242 g/mol. The Morgan fingerprint density at radius 3 is 2.94 bits per heavy atom. The number of aromatic nitrogens is 2. The minimum absolute atomic E-state index is 0.447. The van der Waals surface area contributed by atoms with Crippen LogP contribution in [0.5, 0.6) is 0 Å². The summed E-state index contributed by atoms with van der Waals surface area (Å²) in [4.78, 5) is 4.28. The molecule has 7 heteroatoms. The van der Waals surface area contributed by atoms with Crippen LogP contribution in [0.2, 0.25) is 0 Å². The molecular formula is C10H17N3O3S. The maximum absolute atomic E-state index is 5.51. The minimum atomic E-state index is -0.451. The predicted molar refractivity (Wildman–Crippen MR) is 64.0 cm³/mol. The summed E-state index contributed by atoms with van der Waals surface area (Å²) in [6.07, 6.45) is 0.784. The van der Waals surface area contributed by atoms with Crippen LogP contribution in [-0.4, -0.2) is 42.0 Å². The summed E-state index contributed by atoms with van der Waals surface area (Å²) in [5.41, 5.74) is 0. The summed E-state index contributed by atoms with van der Waals surface area (Å²) in [6.45, 7) is 4.50. The zero-order valence-electron chi connectivity index (χ0n) is 10.1. The lowest BCUT2D eigenvalue weighted by atomic mass is 10.2. The molecule has 0 radical (unpaired) electrons.